The Kier molecular flexibility index (Phi) is 4.94. The highest BCUT2D eigenvalue weighted by Crippen LogP contribution is 2.42. The molecule has 4 nitrogen and oxygen atoms in total. The highest BCUT2D eigenvalue weighted by atomic mass is 35.5. The van der Waals surface area contributed by atoms with Gasteiger partial charge in [0.25, 0.3) is 5.12 Å². The predicted octanol–water partition coefficient (Wildman–Crippen LogP) is 3.98. The summed E-state index contributed by atoms with van der Waals surface area (Å²) in [5, 5.41) is -1.58. The summed E-state index contributed by atoms with van der Waals surface area (Å²) in [5.74, 6) is 0. The van der Waals surface area contributed by atoms with Crippen LogP contribution in [0.25, 0.3) is 0 Å². The van der Waals surface area contributed by atoms with Crippen LogP contribution in [0.3, 0.4) is 0 Å². The molecule has 0 bridgehead atoms. The molecule has 0 atom stereocenters. The van der Waals surface area contributed by atoms with E-state index in [-0.39, 0.29) is 20.6 Å². The molecule has 0 aromatic heterocycles. The van der Waals surface area contributed by atoms with Crippen LogP contribution in [0.15, 0.2) is 16.1 Å². The number of carbonyl (C=O) groups excluding carboxylic acids is 2. The van der Waals surface area contributed by atoms with Gasteiger partial charge in [-0.1, -0.05) is 46.4 Å². The second-order valence-corrected chi connectivity index (χ2v) is 4.84. The second-order valence-electron chi connectivity index (χ2n) is 3.15. The highest BCUT2D eigenvalue weighted by molar-refractivity contribution is 6.44. The van der Waals surface area contributed by atoms with E-state index in [1.54, 1.807) is 6.92 Å². The molecule has 0 spiro atoms. The van der Waals surface area contributed by atoms with Crippen LogP contribution in [0.5, 0.6) is 0 Å². The van der Waals surface area contributed by atoms with Gasteiger partial charge in [0, 0.05) is 5.56 Å². The predicted molar refractivity (Wildman–Crippen MR) is 70.0 cm³/mol. The number of alkyl halides is 1. The molecule has 0 aliphatic carbocycles. The van der Waals surface area contributed by atoms with Crippen molar-refractivity contribution in [3.8, 4) is 0 Å². The molecule has 0 aliphatic heterocycles. The molecular weight excluding hydrogens is 322 g/mol. The Hall–Kier alpha value is -0.860. The molecule has 1 rings (SSSR count). The summed E-state index contributed by atoms with van der Waals surface area (Å²) in [4.78, 5) is 27.2. The van der Waals surface area contributed by atoms with Crippen molar-refractivity contribution >= 4 is 58.6 Å². The first-order valence-electron chi connectivity index (χ1n) is 4.39. The smallest absolute Gasteiger partial charge is 0.211 e. The topological polar surface area (TPSA) is 58.9 Å². The number of aliphatic imine (C=N–C) groups is 2. The molecule has 0 saturated carbocycles. The Morgan fingerprint density at radius 2 is 1.61 bits per heavy atom. The number of rotatable bonds is 3. The first-order chi connectivity index (χ1) is 8.37. The average molecular weight is 326 g/mol. The fraction of sp³-hybridized carbons (Fsp3) is 0.200. The molecule has 18 heavy (non-hydrogen) atoms. The summed E-state index contributed by atoms with van der Waals surface area (Å²) in [6.45, 7) is 1.59. The third kappa shape index (κ3) is 2.76. The van der Waals surface area contributed by atoms with E-state index in [0.717, 1.165) is 0 Å². The lowest BCUT2D eigenvalue weighted by molar-refractivity contribution is 0.543. The molecular formula is C10H4Cl4N2O2. The quantitative estimate of drug-likeness (QED) is 0.277. The van der Waals surface area contributed by atoms with Crippen LogP contribution in [0.1, 0.15) is 11.1 Å². The fourth-order valence-corrected chi connectivity index (χ4v) is 2.22. The molecule has 0 unspecified atom stereocenters. The number of nitrogens with zero attached hydrogens (tertiary/aromatic N) is 2. The fourth-order valence-electron chi connectivity index (χ4n) is 1.23. The minimum Gasteiger partial charge on any atom is -0.211 e. The van der Waals surface area contributed by atoms with Crippen molar-refractivity contribution in [2.75, 3.05) is 0 Å². The molecule has 1 aromatic carbocycles. The van der Waals surface area contributed by atoms with Crippen molar-refractivity contribution in [3.05, 3.63) is 32.3 Å². The van der Waals surface area contributed by atoms with Crippen LogP contribution in [-0.4, -0.2) is 12.2 Å². The van der Waals surface area contributed by atoms with Crippen molar-refractivity contribution in [2.45, 2.75) is 12.0 Å². The molecule has 0 fully saturated rings. The van der Waals surface area contributed by atoms with Crippen molar-refractivity contribution in [1.29, 1.82) is 0 Å². The van der Waals surface area contributed by atoms with Crippen LogP contribution in [0.2, 0.25) is 15.1 Å². The maximum atomic E-state index is 10.3. The summed E-state index contributed by atoms with van der Waals surface area (Å²) in [6, 6.07) is 1.27. The van der Waals surface area contributed by atoms with Crippen LogP contribution < -0.4 is 0 Å². The van der Waals surface area contributed by atoms with Gasteiger partial charge < -0.3 is 0 Å². The zero-order valence-electron chi connectivity index (χ0n) is 8.80. The lowest BCUT2D eigenvalue weighted by atomic mass is 10.1. The van der Waals surface area contributed by atoms with Gasteiger partial charge in [-0.2, -0.15) is 9.98 Å². The zero-order valence-corrected chi connectivity index (χ0v) is 11.8. The molecule has 0 heterocycles. The van der Waals surface area contributed by atoms with Gasteiger partial charge in [0.1, 0.15) is 0 Å². The molecule has 94 valence electrons. The van der Waals surface area contributed by atoms with Crippen molar-refractivity contribution < 1.29 is 9.59 Å². The van der Waals surface area contributed by atoms with Crippen LogP contribution >= 0.6 is 46.4 Å². The van der Waals surface area contributed by atoms with E-state index in [9.17, 15) is 9.59 Å². The van der Waals surface area contributed by atoms with Crippen LogP contribution in [-0.2, 0) is 14.7 Å². The lowest BCUT2D eigenvalue weighted by Gasteiger charge is -2.18. The normalized spacial score (nSPS) is 13.2. The van der Waals surface area contributed by atoms with Gasteiger partial charge in [0.05, 0.1) is 15.1 Å². The summed E-state index contributed by atoms with van der Waals surface area (Å²) in [6.07, 6.45) is 2.42. The Morgan fingerprint density at radius 3 is 2.06 bits per heavy atom. The van der Waals surface area contributed by atoms with Gasteiger partial charge in [-0.25, -0.2) is 9.59 Å². The molecule has 0 radical (unpaired) electrons. The van der Waals surface area contributed by atoms with Gasteiger partial charge in [0.2, 0.25) is 12.2 Å². The average Bonchev–Trinajstić information content (AvgIpc) is 2.31. The van der Waals surface area contributed by atoms with Crippen LogP contribution in [0.4, 0.5) is 0 Å². The van der Waals surface area contributed by atoms with Crippen LogP contribution in [0, 0.1) is 6.92 Å². The van der Waals surface area contributed by atoms with Gasteiger partial charge in [-0.05, 0) is 18.6 Å². The highest BCUT2D eigenvalue weighted by Gasteiger charge is 2.33. The number of halogens is 4. The summed E-state index contributed by atoms with van der Waals surface area (Å²) < 4.78 is 0. The van der Waals surface area contributed by atoms with E-state index >= 15 is 0 Å². The van der Waals surface area contributed by atoms with E-state index in [1.165, 1.54) is 18.2 Å². The van der Waals surface area contributed by atoms with Gasteiger partial charge >= 0.3 is 0 Å². The number of hydrogen-bond donors (Lipinski definition) is 0. The zero-order chi connectivity index (χ0) is 13.9. The van der Waals surface area contributed by atoms with E-state index in [4.69, 9.17) is 46.4 Å². The van der Waals surface area contributed by atoms with Gasteiger partial charge in [-0.15, -0.1) is 0 Å². The summed E-state index contributed by atoms with van der Waals surface area (Å²) in [7, 11) is 0. The van der Waals surface area contributed by atoms with Gasteiger partial charge in [0.15, 0.2) is 0 Å². The number of isocyanates is 2. The summed E-state index contributed by atoms with van der Waals surface area (Å²) in [5.41, 5.74) is 0.470. The van der Waals surface area contributed by atoms with Gasteiger partial charge in [-0.3, -0.25) is 0 Å². The summed E-state index contributed by atoms with van der Waals surface area (Å²) >= 11 is 23.7. The molecule has 8 heteroatoms. The third-order valence-corrected chi connectivity index (χ3v) is 3.85. The minimum absolute atomic E-state index is 0.0458. The largest absolute Gasteiger partial charge is 0.275 e. The maximum Gasteiger partial charge on any atom is 0.275 e. The lowest BCUT2D eigenvalue weighted by Crippen LogP contribution is -2.13. The molecule has 0 saturated heterocycles. The van der Waals surface area contributed by atoms with E-state index < -0.39 is 5.12 Å². The van der Waals surface area contributed by atoms with E-state index in [2.05, 4.69) is 9.98 Å². The third-order valence-electron chi connectivity index (χ3n) is 2.11. The first kappa shape index (κ1) is 15.2. The van der Waals surface area contributed by atoms with E-state index in [0.29, 0.717) is 5.56 Å². The first-order valence-corrected chi connectivity index (χ1v) is 5.90. The SMILES string of the molecule is Cc1c(Cl)c(Cl)cc(C(Cl)(N=C=O)N=C=O)c1Cl. The second kappa shape index (κ2) is 5.85. The minimum atomic E-state index is -2.04. The molecule has 1 aromatic rings. The Balaban J connectivity index is 3.67. The molecule has 0 amide bonds. The Labute approximate surface area is 122 Å². The van der Waals surface area contributed by atoms with E-state index in [1.807, 2.05) is 0 Å². The Morgan fingerprint density at radius 1 is 1.11 bits per heavy atom. The monoisotopic (exact) mass is 324 g/mol. The maximum absolute atomic E-state index is 10.3. The Bertz CT molecular complexity index is 572. The van der Waals surface area contributed by atoms with Crippen molar-refractivity contribution in [2.24, 2.45) is 9.98 Å². The molecule has 0 N–H and O–H groups in total. The standard InChI is InChI=1S/C10H4Cl4N2O2/c1-5-8(12)6(2-7(11)9(5)13)10(14,15-3-17)16-4-18/h2H,1H3. The number of benzene rings is 1. The molecule has 0 aliphatic rings. The number of hydrogen-bond acceptors (Lipinski definition) is 4. The van der Waals surface area contributed by atoms with Crippen molar-refractivity contribution in [1.82, 2.24) is 0 Å². The van der Waals surface area contributed by atoms with Crippen molar-refractivity contribution in [3.63, 3.8) is 0 Å².